The van der Waals surface area contributed by atoms with Gasteiger partial charge in [0, 0.05) is 7.05 Å². The maximum Gasteiger partial charge on any atom is 0.419 e. The topological polar surface area (TPSA) is 90.5 Å². The quantitative estimate of drug-likeness (QED) is 0.640. The average molecular weight is 376 g/mol. The molecule has 26 heavy (non-hydrogen) atoms. The van der Waals surface area contributed by atoms with Crippen molar-refractivity contribution in [1.82, 2.24) is 4.57 Å². The van der Waals surface area contributed by atoms with Gasteiger partial charge in [-0.1, -0.05) is 25.5 Å². The van der Waals surface area contributed by atoms with Gasteiger partial charge in [-0.3, -0.25) is 9.29 Å². The Bertz CT molecular complexity index is 1080. The van der Waals surface area contributed by atoms with E-state index in [1.807, 2.05) is 0 Å². The minimum atomic E-state index is -3.85. The first-order valence-corrected chi connectivity index (χ1v) is 9.75. The summed E-state index contributed by atoms with van der Waals surface area (Å²) in [7, 11) is -2.33. The number of ether oxygens (including phenoxy) is 1. The Morgan fingerprint density at radius 1 is 1.19 bits per heavy atom. The molecule has 1 aromatic heterocycles. The number of nitrogens with zero attached hydrogens (tertiary/aromatic N) is 1. The van der Waals surface area contributed by atoms with Crippen molar-refractivity contribution in [3.8, 4) is 5.75 Å². The largest absolute Gasteiger partial charge is 0.491 e. The third kappa shape index (κ3) is 3.60. The summed E-state index contributed by atoms with van der Waals surface area (Å²) in [4.78, 5) is 11.6. The summed E-state index contributed by atoms with van der Waals surface area (Å²) in [6, 6.07) is 11.1. The smallest absolute Gasteiger partial charge is 0.419 e. The van der Waals surface area contributed by atoms with Crippen LogP contribution in [0.3, 0.4) is 0 Å². The molecule has 0 fully saturated rings. The molecule has 2 aromatic carbocycles. The van der Waals surface area contributed by atoms with Gasteiger partial charge in [0.2, 0.25) is 0 Å². The molecule has 7 nitrogen and oxygen atoms in total. The zero-order chi connectivity index (χ0) is 18.7. The van der Waals surface area contributed by atoms with Crippen LogP contribution in [0.4, 0.5) is 5.69 Å². The molecule has 3 rings (SSSR count). The molecule has 0 saturated carbocycles. The fourth-order valence-corrected chi connectivity index (χ4v) is 3.57. The molecule has 3 aromatic rings. The van der Waals surface area contributed by atoms with Gasteiger partial charge >= 0.3 is 5.76 Å². The molecule has 0 atom stereocenters. The highest BCUT2D eigenvalue weighted by atomic mass is 32.2. The van der Waals surface area contributed by atoms with Crippen molar-refractivity contribution in [3.63, 3.8) is 0 Å². The zero-order valence-corrected chi connectivity index (χ0v) is 15.4. The number of hydrogen-bond acceptors (Lipinski definition) is 5. The molecule has 0 saturated heterocycles. The number of rotatable bonds is 7. The number of fused-ring (bicyclic) bond motifs is 1. The molecule has 0 amide bonds. The summed E-state index contributed by atoms with van der Waals surface area (Å²) in [5.41, 5.74) is 1.11. The van der Waals surface area contributed by atoms with Gasteiger partial charge in [0.05, 0.1) is 22.7 Å². The van der Waals surface area contributed by atoms with E-state index in [9.17, 15) is 13.2 Å². The summed E-state index contributed by atoms with van der Waals surface area (Å²) in [6.07, 6.45) is 1.86. The van der Waals surface area contributed by atoms with Crippen LogP contribution in [0, 0.1) is 0 Å². The molecule has 1 N–H and O–H groups in total. The van der Waals surface area contributed by atoms with Gasteiger partial charge in [0.1, 0.15) is 5.75 Å². The lowest BCUT2D eigenvalue weighted by molar-refractivity contribution is 0.311. The van der Waals surface area contributed by atoms with Gasteiger partial charge in [0.25, 0.3) is 10.0 Å². The van der Waals surface area contributed by atoms with Crippen LogP contribution >= 0.6 is 0 Å². The molecule has 138 valence electrons. The van der Waals surface area contributed by atoms with Crippen LogP contribution in [-0.4, -0.2) is 19.6 Å². The Labute approximate surface area is 151 Å². The van der Waals surface area contributed by atoms with Crippen molar-refractivity contribution >= 4 is 26.8 Å². The second-order valence-electron chi connectivity index (χ2n) is 5.86. The number of aromatic nitrogens is 1. The van der Waals surface area contributed by atoms with Crippen molar-refractivity contribution < 1.29 is 17.6 Å². The maximum atomic E-state index is 12.8. The molecule has 0 aliphatic carbocycles. The normalized spacial score (nSPS) is 11.6. The molecule has 0 spiro atoms. The lowest BCUT2D eigenvalue weighted by Gasteiger charge is -2.13. The number of aryl methyl sites for hydroxylation is 1. The molecule has 0 radical (unpaired) electrons. The molecule has 1 heterocycles. The highest BCUT2D eigenvalue weighted by Gasteiger charge is 2.18. The average Bonchev–Trinajstić information content (AvgIpc) is 2.90. The lowest BCUT2D eigenvalue weighted by atomic mass is 10.3. The molecule has 8 heteroatoms. The van der Waals surface area contributed by atoms with E-state index in [-0.39, 0.29) is 4.90 Å². The van der Waals surface area contributed by atoms with E-state index < -0.39 is 15.8 Å². The summed E-state index contributed by atoms with van der Waals surface area (Å²) >= 11 is 0. The van der Waals surface area contributed by atoms with Gasteiger partial charge in [-0.25, -0.2) is 13.2 Å². The van der Waals surface area contributed by atoms with Crippen LogP contribution in [0.25, 0.3) is 11.1 Å². The molecule has 0 bridgehead atoms. The van der Waals surface area contributed by atoms with Crippen molar-refractivity contribution in [2.45, 2.75) is 24.7 Å². The Morgan fingerprint density at radius 2 is 1.96 bits per heavy atom. The third-order valence-electron chi connectivity index (χ3n) is 3.96. The minimum Gasteiger partial charge on any atom is -0.491 e. The van der Waals surface area contributed by atoms with Crippen LogP contribution in [-0.2, 0) is 17.1 Å². The molecular weight excluding hydrogens is 356 g/mol. The van der Waals surface area contributed by atoms with E-state index in [0.717, 1.165) is 12.8 Å². The summed E-state index contributed by atoms with van der Waals surface area (Å²) in [6.45, 7) is 2.57. The Hall–Kier alpha value is -2.74. The fourth-order valence-electron chi connectivity index (χ4n) is 2.48. The number of oxazole rings is 1. The monoisotopic (exact) mass is 376 g/mol. The van der Waals surface area contributed by atoms with E-state index in [1.165, 1.54) is 29.8 Å². The highest BCUT2D eigenvalue weighted by molar-refractivity contribution is 7.92. The number of nitrogens with one attached hydrogen (secondary N) is 1. The number of anilines is 1. The number of sulfonamides is 1. The summed E-state index contributed by atoms with van der Waals surface area (Å²) in [5, 5.41) is 0. The van der Waals surface area contributed by atoms with E-state index >= 15 is 0 Å². The standard InChI is InChI=1S/C18H20N2O5S/c1-3-4-11-24-16-8-6-5-7-14(16)19-26(22,23)13-9-10-17-15(12-13)20(2)18(21)25-17/h5-10,12,19H,3-4,11H2,1-2H3. The van der Waals surface area contributed by atoms with Crippen molar-refractivity contribution in [1.29, 1.82) is 0 Å². The second-order valence-corrected chi connectivity index (χ2v) is 7.54. The molecule has 0 aliphatic rings. The van der Waals surface area contributed by atoms with Gasteiger partial charge in [0.15, 0.2) is 5.58 Å². The Morgan fingerprint density at radius 3 is 2.73 bits per heavy atom. The van der Waals surface area contributed by atoms with Crippen molar-refractivity contribution in [2.24, 2.45) is 7.05 Å². The first-order chi connectivity index (χ1) is 12.4. The van der Waals surface area contributed by atoms with Gasteiger partial charge in [-0.15, -0.1) is 0 Å². The summed E-state index contributed by atoms with van der Waals surface area (Å²) in [5.74, 6) is -0.0708. The third-order valence-corrected chi connectivity index (χ3v) is 5.32. The molecule has 0 unspecified atom stereocenters. The van der Waals surface area contributed by atoms with Crippen LogP contribution in [0.15, 0.2) is 56.6 Å². The maximum absolute atomic E-state index is 12.8. The minimum absolute atomic E-state index is 0.0322. The number of hydrogen-bond donors (Lipinski definition) is 1. The lowest BCUT2D eigenvalue weighted by Crippen LogP contribution is -2.14. The van der Waals surface area contributed by atoms with Gasteiger partial charge in [-0.05, 0) is 36.8 Å². The number of unbranched alkanes of at least 4 members (excludes halogenated alkanes) is 1. The highest BCUT2D eigenvalue weighted by Crippen LogP contribution is 2.27. The SMILES string of the molecule is CCCCOc1ccccc1NS(=O)(=O)c1ccc2oc(=O)n(C)c2c1. The predicted octanol–water partition coefficient (Wildman–Crippen LogP) is 3.11. The zero-order valence-electron chi connectivity index (χ0n) is 14.6. The predicted molar refractivity (Wildman–Crippen MR) is 99.1 cm³/mol. The van der Waals surface area contributed by atoms with Gasteiger partial charge < -0.3 is 9.15 Å². The van der Waals surface area contributed by atoms with E-state index in [1.54, 1.807) is 24.3 Å². The number of benzene rings is 2. The number of para-hydroxylation sites is 2. The van der Waals surface area contributed by atoms with E-state index in [2.05, 4.69) is 11.6 Å². The van der Waals surface area contributed by atoms with Crippen molar-refractivity contribution in [3.05, 3.63) is 53.0 Å². The first kappa shape index (κ1) is 18.1. The van der Waals surface area contributed by atoms with Gasteiger partial charge in [-0.2, -0.15) is 0 Å². The van der Waals surface area contributed by atoms with Crippen molar-refractivity contribution in [2.75, 3.05) is 11.3 Å². The van der Waals surface area contributed by atoms with Crippen LogP contribution in [0.5, 0.6) is 5.75 Å². The first-order valence-electron chi connectivity index (χ1n) is 8.26. The Kier molecular flexibility index (Phi) is 5.03. The van der Waals surface area contributed by atoms with Crippen LogP contribution in [0.2, 0.25) is 0 Å². The Balaban J connectivity index is 1.92. The van der Waals surface area contributed by atoms with Crippen LogP contribution in [0.1, 0.15) is 19.8 Å². The van der Waals surface area contributed by atoms with E-state index in [0.29, 0.717) is 29.1 Å². The second kappa shape index (κ2) is 7.25. The molecule has 0 aliphatic heterocycles. The van der Waals surface area contributed by atoms with E-state index in [4.69, 9.17) is 9.15 Å². The summed E-state index contributed by atoms with van der Waals surface area (Å²) < 4.78 is 40.0. The molecular formula is C18H20N2O5S. The fraction of sp³-hybridized carbons (Fsp3) is 0.278. The van der Waals surface area contributed by atoms with Crippen LogP contribution < -0.4 is 15.2 Å².